The number of likely N-dealkylation sites (N-methyl/N-ethyl adjacent to an activating group) is 1. The molecule has 0 aliphatic rings. The number of nitrogens with one attached hydrogen (secondary N) is 2. The molecule has 0 bridgehead atoms. The van der Waals surface area contributed by atoms with Crippen LogP contribution in [-0.2, 0) is 10.2 Å². The fourth-order valence-electron chi connectivity index (χ4n) is 2.90. The number of ether oxygens (including phenoxy) is 2. The van der Waals surface area contributed by atoms with Gasteiger partial charge in [-0.1, -0.05) is 20.8 Å². The molecule has 174 valence electrons. The summed E-state index contributed by atoms with van der Waals surface area (Å²) in [7, 11) is 0. The van der Waals surface area contributed by atoms with Gasteiger partial charge in [0.2, 0.25) is 0 Å². The zero-order chi connectivity index (χ0) is 23.7. The van der Waals surface area contributed by atoms with Crippen molar-refractivity contribution in [2.45, 2.75) is 47.0 Å². The van der Waals surface area contributed by atoms with Crippen LogP contribution in [0.15, 0.2) is 28.1 Å². The maximum atomic E-state index is 12.2. The van der Waals surface area contributed by atoms with Crippen molar-refractivity contribution in [2.75, 3.05) is 31.7 Å². The summed E-state index contributed by atoms with van der Waals surface area (Å²) in [4.78, 5) is 29.4. The second-order valence-electron chi connectivity index (χ2n) is 7.95. The van der Waals surface area contributed by atoms with E-state index in [4.69, 9.17) is 9.47 Å². The molecule has 1 aromatic heterocycles. The number of nitrogens with zero attached hydrogens (tertiary/aromatic N) is 4. The molecule has 0 radical (unpaired) electrons. The van der Waals surface area contributed by atoms with E-state index in [9.17, 15) is 9.59 Å². The maximum absolute atomic E-state index is 12.2. The number of anilines is 1. The standard InChI is InChI=1S/C22H32N6O4/c1-7-28(8-2)18(29)14-32-16-11-10-15(12-17(16)31-9-3)13-23-26-20-19(22(4,5)6)25-27-21(30)24-20/h10-13H,7-9,14H2,1-6H3,(H2,24,26,27,30)/b23-13+. The number of aromatic amines is 1. The van der Waals surface area contributed by atoms with Gasteiger partial charge >= 0.3 is 5.69 Å². The Morgan fingerprint density at radius 2 is 1.91 bits per heavy atom. The summed E-state index contributed by atoms with van der Waals surface area (Å²) in [6.07, 6.45) is 1.57. The molecule has 10 nitrogen and oxygen atoms in total. The van der Waals surface area contributed by atoms with Gasteiger partial charge in [-0.05, 0) is 44.5 Å². The zero-order valence-electron chi connectivity index (χ0n) is 19.6. The Balaban J connectivity index is 2.16. The van der Waals surface area contributed by atoms with Gasteiger partial charge in [0.15, 0.2) is 23.9 Å². The molecule has 2 N–H and O–H groups in total. The number of hydrogen-bond acceptors (Lipinski definition) is 8. The Kier molecular flexibility index (Phi) is 8.74. The first-order valence-corrected chi connectivity index (χ1v) is 10.6. The van der Waals surface area contributed by atoms with Crippen LogP contribution in [0.2, 0.25) is 0 Å². The number of carbonyl (C=O) groups is 1. The Morgan fingerprint density at radius 1 is 1.19 bits per heavy atom. The highest BCUT2D eigenvalue weighted by atomic mass is 16.5. The van der Waals surface area contributed by atoms with Crippen LogP contribution in [0.25, 0.3) is 0 Å². The van der Waals surface area contributed by atoms with Crippen LogP contribution >= 0.6 is 0 Å². The molecule has 0 unspecified atom stereocenters. The molecule has 0 aliphatic heterocycles. The Hall–Kier alpha value is -3.43. The highest BCUT2D eigenvalue weighted by Gasteiger charge is 2.21. The van der Waals surface area contributed by atoms with Gasteiger partial charge in [-0.3, -0.25) is 10.2 Å². The molecule has 0 spiro atoms. The number of rotatable bonds is 10. The first-order chi connectivity index (χ1) is 15.2. The summed E-state index contributed by atoms with van der Waals surface area (Å²) < 4.78 is 11.4. The molecular formula is C22H32N6O4. The van der Waals surface area contributed by atoms with Crippen molar-refractivity contribution in [3.05, 3.63) is 39.9 Å². The zero-order valence-corrected chi connectivity index (χ0v) is 19.6. The van der Waals surface area contributed by atoms with E-state index in [1.807, 2.05) is 41.5 Å². The molecule has 1 heterocycles. The minimum absolute atomic E-state index is 0.0620. The van der Waals surface area contributed by atoms with Crippen LogP contribution in [0, 0.1) is 0 Å². The minimum Gasteiger partial charge on any atom is -0.490 e. The van der Waals surface area contributed by atoms with Crippen LogP contribution in [0.5, 0.6) is 11.5 Å². The molecule has 1 aromatic carbocycles. The second-order valence-corrected chi connectivity index (χ2v) is 7.95. The van der Waals surface area contributed by atoms with E-state index in [-0.39, 0.29) is 23.7 Å². The third kappa shape index (κ3) is 6.79. The van der Waals surface area contributed by atoms with Gasteiger partial charge in [0.1, 0.15) is 5.69 Å². The van der Waals surface area contributed by atoms with Crippen molar-refractivity contribution < 1.29 is 14.3 Å². The summed E-state index contributed by atoms with van der Waals surface area (Å²) in [5.74, 6) is 1.20. The lowest BCUT2D eigenvalue weighted by Gasteiger charge is -2.19. The van der Waals surface area contributed by atoms with Crippen LogP contribution < -0.4 is 20.6 Å². The summed E-state index contributed by atoms with van der Waals surface area (Å²) in [6.45, 7) is 13.2. The monoisotopic (exact) mass is 444 g/mol. The van der Waals surface area contributed by atoms with E-state index in [0.717, 1.165) is 5.56 Å². The van der Waals surface area contributed by atoms with Crippen molar-refractivity contribution in [2.24, 2.45) is 5.10 Å². The van der Waals surface area contributed by atoms with Crippen LogP contribution in [0.4, 0.5) is 5.82 Å². The lowest BCUT2D eigenvalue weighted by molar-refractivity contribution is -0.132. The molecule has 2 rings (SSSR count). The molecule has 0 aliphatic carbocycles. The van der Waals surface area contributed by atoms with Crippen molar-refractivity contribution in [1.29, 1.82) is 0 Å². The van der Waals surface area contributed by atoms with Crippen LogP contribution in [0.1, 0.15) is 52.8 Å². The molecule has 1 amide bonds. The van der Waals surface area contributed by atoms with E-state index in [2.05, 4.69) is 25.7 Å². The van der Waals surface area contributed by atoms with E-state index in [0.29, 0.717) is 36.9 Å². The van der Waals surface area contributed by atoms with Gasteiger partial charge in [0, 0.05) is 18.5 Å². The average Bonchev–Trinajstić information content (AvgIpc) is 2.73. The first kappa shape index (κ1) is 24.8. The van der Waals surface area contributed by atoms with Crippen molar-refractivity contribution in [3.63, 3.8) is 0 Å². The quantitative estimate of drug-likeness (QED) is 0.426. The summed E-state index contributed by atoms with van der Waals surface area (Å²) in [5.41, 5.74) is 3.22. The molecule has 0 fully saturated rings. The molecule has 0 saturated heterocycles. The predicted molar refractivity (Wildman–Crippen MR) is 124 cm³/mol. The van der Waals surface area contributed by atoms with Gasteiger partial charge in [0.25, 0.3) is 5.91 Å². The first-order valence-electron chi connectivity index (χ1n) is 10.6. The summed E-state index contributed by atoms with van der Waals surface area (Å²) in [6, 6.07) is 5.29. The van der Waals surface area contributed by atoms with Crippen molar-refractivity contribution >= 4 is 17.9 Å². The second kappa shape index (κ2) is 11.3. The van der Waals surface area contributed by atoms with Crippen molar-refractivity contribution in [3.8, 4) is 11.5 Å². The van der Waals surface area contributed by atoms with Gasteiger partial charge in [-0.2, -0.15) is 15.2 Å². The molecule has 0 atom stereocenters. The number of carbonyl (C=O) groups excluding carboxylic acids is 1. The average molecular weight is 445 g/mol. The highest BCUT2D eigenvalue weighted by molar-refractivity contribution is 5.82. The molecule has 32 heavy (non-hydrogen) atoms. The smallest absolute Gasteiger partial charge is 0.363 e. The molecule has 0 saturated carbocycles. The van der Waals surface area contributed by atoms with Gasteiger partial charge in [-0.15, -0.1) is 0 Å². The number of hydrazone groups is 1. The fraction of sp³-hybridized carbons (Fsp3) is 0.500. The molecule has 2 aromatic rings. The van der Waals surface area contributed by atoms with E-state index in [1.54, 1.807) is 29.3 Å². The maximum Gasteiger partial charge on any atom is 0.363 e. The number of H-pyrrole nitrogens is 1. The molecule has 10 heteroatoms. The Labute approximate surface area is 188 Å². The third-order valence-corrected chi connectivity index (χ3v) is 4.53. The Bertz CT molecular complexity index is 993. The molecular weight excluding hydrogens is 412 g/mol. The SMILES string of the molecule is CCOc1cc(/C=N/Nc2nc(=O)[nH]nc2C(C)(C)C)ccc1OCC(=O)N(CC)CC. The minimum atomic E-state index is -0.560. The summed E-state index contributed by atoms with van der Waals surface area (Å²) >= 11 is 0. The fourth-order valence-corrected chi connectivity index (χ4v) is 2.90. The normalized spacial score (nSPS) is 11.4. The lowest BCUT2D eigenvalue weighted by atomic mass is 9.92. The van der Waals surface area contributed by atoms with Crippen LogP contribution in [0.3, 0.4) is 0 Å². The number of aromatic nitrogens is 3. The largest absolute Gasteiger partial charge is 0.490 e. The topological polar surface area (TPSA) is 122 Å². The van der Waals surface area contributed by atoms with Gasteiger partial charge in [0.05, 0.1) is 12.8 Å². The number of benzene rings is 1. The van der Waals surface area contributed by atoms with E-state index < -0.39 is 5.69 Å². The van der Waals surface area contributed by atoms with Crippen LogP contribution in [-0.4, -0.2) is 58.5 Å². The van der Waals surface area contributed by atoms with Gasteiger partial charge < -0.3 is 14.4 Å². The third-order valence-electron chi connectivity index (χ3n) is 4.53. The van der Waals surface area contributed by atoms with Gasteiger partial charge in [-0.25, -0.2) is 9.89 Å². The van der Waals surface area contributed by atoms with Crippen molar-refractivity contribution in [1.82, 2.24) is 20.1 Å². The number of hydrogen-bond donors (Lipinski definition) is 2. The predicted octanol–water partition coefficient (Wildman–Crippen LogP) is 2.55. The highest BCUT2D eigenvalue weighted by Crippen LogP contribution is 2.28. The number of amides is 1. The summed E-state index contributed by atoms with van der Waals surface area (Å²) in [5, 5.41) is 10.6. The van der Waals surface area contributed by atoms with E-state index in [1.165, 1.54) is 0 Å². The van der Waals surface area contributed by atoms with E-state index >= 15 is 0 Å². The lowest BCUT2D eigenvalue weighted by Crippen LogP contribution is -2.34. The Morgan fingerprint density at radius 3 is 2.53 bits per heavy atom.